The zero-order valence-corrected chi connectivity index (χ0v) is 12.3. The molecule has 0 radical (unpaired) electrons. The molecule has 0 bridgehead atoms. The maximum absolute atomic E-state index is 10.9. The van der Waals surface area contributed by atoms with Crippen LogP contribution in [0.1, 0.15) is 48.5 Å². The second kappa shape index (κ2) is 9.59. The van der Waals surface area contributed by atoms with Gasteiger partial charge in [0, 0.05) is 5.56 Å². The highest BCUT2D eigenvalue weighted by Crippen LogP contribution is 2.28. The van der Waals surface area contributed by atoms with E-state index in [1.165, 1.54) is 31.4 Å². The summed E-state index contributed by atoms with van der Waals surface area (Å²) >= 11 is 0. The van der Waals surface area contributed by atoms with Gasteiger partial charge in [0.2, 0.25) is 0 Å². The first kappa shape index (κ1) is 16.8. The molecule has 3 nitrogen and oxygen atoms in total. The van der Waals surface area contributed by atoms with Crippen molar-refractivity contribution in [2.45, 2.75) is 32.6 Å². The van der Waals surface area contributed by atoms with E-state index in [9.17, 15) is 15.0 Å². The van der Waals surface area contributed by atoms with Gasteiger partial charge in [-0.25, -0.2) is 0 Å². The lowest BCUT2D eigenvalue weighted by Crippen LogP contribution is -1.87. The second-order valence-electron chi connectivity index (χ2n) is 4.72. The summed E-state index contributed by atoms with van der Waals surface area (Å²) in [6.45, 7) is 2.18. The standard InChI is InChI=1S/C18H22O3/c1-2-3-4-5-6-7-8-9-10-11-15-16(14-19)18(21)13-12-17(15)20/h6-14,20-21H,2-5H2,1H3/b7-6+,9-8+,11-10-. The lowest BCUT2D eigenvalue weighted by Gasteiger charge is -2.04. The van der Waals surface area contributed by atoms with Gasteiger partial charge in [-0.3, -0.25) is 4.79 Å². The first-order chi connectivity index (χ1) is 10.2. The quantitative estimate of drug-likeness (QED) is 0.317. The van der Waals surface area contributed by atoms with E-state index in [0.29, 0.717) is 11.8 Å². The van der Waals surface area contributed by atoms with Gasteiger partial charge in [-0.15, -0.1) is 0 Å². The third-order valence-corrected chi connectivity index (χ3v) is 3.07. The molecule has 0 spiro atoms. The molecule has 3 heteroatoms. The summed E-state index contributed by atoms with van der Waals surface area (Å²) < 4.78 is 0. The van der Waals surface area contributed by atoms with Crippen molar-refractivity contribution in [1.29, 1.82) is 0 Å². The topological polar surface area (TPSA) is 57.5 Å². The van der Waals surface area contributed by atoms with E-state index >= 15 is 0 Å². The van der Waals surface area contributed by atoms with Gasteiger partial charge in [0.05, 0.1) is 5.56 Å². The molecule has 112 valence electrons. The van der Waals surface area contributed by atoms with E-state index < -0.39 is 0 Å². The zero-order valence-electron chi connectivity index (χ0n) is 12.3. The van der Waals surface area contributed by atoms with Crippen molar-refractivity contribution >= 4 is 12.4 Å². The Morgan fingerprint density at radius 2 is 1.62 bits per heavy atom. The van der Waals surface area contributed by atoms with Crippen LogP contribution in [0.4, 0.5) is 0 Å². The number of hydrogen-bond acceptors (Lipinski definition) is 3. The highest BCUT2D eigenvalue weighted by atomic mass is 16.3. The molecule has 0 fully saturated rings. The lowest BCUT2D eigenvalue weighted by molar-refractivity contribution is 0.112. The number of carbonyl (C=O) groups excluding carboxylic acids is 1. The largest absolute Gasteiger partial charge is 0.507 e. The third kappa shape index (κ3) is 5.69. The maximum Gasteiger partial charge on any atom is 0.154 e. The molecular weight excluding hydrogens is 264 g/mol. The average molecular weight is 286 g/mol. The zero-order chi connectivity index (χ0) is 15.5. The van der Waals surface area contributed by atoms with Gasteiger partial charge in [-0.05, 0) is 25.0 Å². The molecule has 0 unspecified atom stereocenters. The van der Waals surface area contributed by atoms with Crippen molar-refractivity contribution in [3.8, 4) is 11.5 Å². The number of hydrogen-bond donors (Lipinski definition) is 2. The molecule has 21 heavy (non-hydrogen) atoms. The van der Waals surface area contributed by atoms with E-state index in [0.717, 1.165) is 6.42 Å². The number of phenols is 2. The summed E-state index contributed by atoms with van der Waals surface area (Å²) in [4.78, 5) is 10.9. The van der Waals surface area contributed by atoms with Crippen LogP contribution in [0.15, 0.2) is 42.5 Å². The third-order valence-electron chi connectivity index (χ3n) is 3.07. The maximum atomic E-state index is 10.9. The number of allylic oxidation sites excluding steroid dienone is 5. The first-order valence-electron chi connectivity index (χ1n) is 7.20. The van der Waals surface area contributed by atoms with E-state index in [-0.39, 0.29) is 17.1 Å². The number of rotatable bonds is 8. The summed E-state index contributed by atoms with van der Waals surface area (Å²) in [5, 5.41) is 19.3. The molecule has 0 aliphatic carbocycles. The Labute approximate surface area is 125 Å². The molecule has 0 saturated carbocycles. The van der Waals surface area contributed by atoms with E-state index in [1.807, 2.05) is 18.2 Å². The van der Waals surface area contributed by atoms with Gasteiger partial charge < -0.3 is 10.2 Å². The fraction of sp³-hybridized carbons (Fsp3) is 0.278. The fourth-order valence-electron chi connectivity index (χ4n) is 1.88. The van der Waals surface area contributed by atoms with E-state index in [2.05, 4.69) is 13.0 Å². The number of benzene rings is 1. The summed E-state index contributed by atoms with van der Waals surface area (Å²) in [5.74, 6) is -0.170. The Morgan fingerprint density at radius 1 is 0.952 bits per heavy atom. The second-order valence-corrected chi connectivity index (χ2v) is 4.72. The average Bonchev–Trinajstić information content (AvgIpc) is 2.49. The predicted octanol–water partition coefficient (Wildman–Crippen LogP) is 4.62. The van der Waals surface area contributed by atoms with Gasteiger partial charge in [-0.1, -0.05) is 56.2 Å². The lowest BCUT2D eigenvalue weighted by atomic mass is 10.1. The highest BCUT2D eigenvalue weighted by molar-refractivity contribution is 5.87. The minimum absolute atomic E-state index is 0.0327. The smallest absolute Gasteiger partial charge is 0.154 e. The molecule has 0 saturated heterocycles. The normalized spacial score (nSPS) is 11.9. The Morgan fingerprint density at radius 3 is 2.29 bits per heavy atom. The minimum atomic E-state index is -0.137. The number of carbonyl (C=O) groups is 1. The number of aldehydes is 1. The SMILES string of the molecule is CCCCC/C=C/C=C/C=C\c1c(O)ccc(O)c1C=O. The molecule has 1 aromatic carbocycles. The Kier molecular flexibility index (Phi) is 7.65. The molecule has 0 heterocycles. The first-order valence-corrected chi connectivity index (χ1v) is 7.20. The van der Waals surface area contributed by atoms with Crippen LogP contribution in [-0.2, 0) is 0 Å². The monoisotopic (exact) mass is 286 g/mol. The molecule has 0 amide bonds. The summed E-state index contributed by atoms with van der Waals surface area (Å²) in [5.41, 5.74) is 0.413. The van der Waals surface area contributed by atoms with Crippen molar-refractivity contribution in [1.82, 2.24) is 0 Å². The van der Waals surface area contributed by atoms with Crippen LogP contribution >= 0.6 is 0 Å². The van der Waals surface area contributed by atoms with Gasteiger partial charge in [0.1, 0.15) is 11.5 Å². The van der Waals surface area contributed by atoms with E-state index in [1.54, 1.807) is 12.2 Å². The van der Waals surface area contributed by atoms with Crippen molar-refractivity contribution in [3.05, 3.63) is 53.6 Å². The highest BCUT2D eigenvalue weighted by Gasteiger charge is 2.08. The number of phenolic OH excluding ortho intramolecular Hbond substituents is 2. The van der Waals surface area contributed by atoms with Crippen LogP contribution in [0.2, 0.25) is 0 Å². The molecule has 2 N–H and O–H groups in total. The summed E-state index contributed by atoms with van der Waals surface area (Å²) in [7, 11) is 0. The Hall–Kier alpha value is -2.29. The van der Waals surface area contributed by atoms with Gasteiger partial charge in [0.15, 0.2) is 6.29 Å². The number of aromatic hydroxyl groups is 2. The van der Waals surface area contributed by atoms with Crippen molar-refractivity contribution in [2.24, 2.45) is 0 Å². The molecule has 0 aromatic heterocycles. The molecular formula is C18H22O3. The Bertz CT molecular complexity index is 540. The molecule has 0 atom stereocenters. The number of unbranched alkanes of at least 4 members (excludes halogenated alkanes) is 3. The van der Waals surface area contributed by atoms with Crippen LogP contribution in [0, 0.1) is 0 Å². The van der Waals surface area contributed by atoms with Crippen molar-refractivity contribution < 1.29 is 15.0 Å². The molecule has 0 aliphatic rings. The van der Waals surface area contributed by atoms with Crippen LogP contribution in [-0.4, -0.2) is 16.5 Å². The predicted molar refractivity (Wildman–Crippen MR) is 86.6 cm³/mol. The Balaban J connectivity index is 2.61. The molecule has 1 rings (SSSR count). The van der Waals surface area contributed by atoms with Crippen LogP contribution < -0.4 is 0 Å². The van der Waals surface area contributed by atoms with Crippen molar-refractivity contribution in [2.75, 3.05) is 0 Å². The van der Waals surface area contributed by atoms with Gasteiger partial charge in [0.25, 0.3) is 0 Å². The minimum Gasteiger partial charge on any atom is -0.507 e. The van der Waals surface area contributed by atoms with Crippen LogP contribution in [0.25, 0.3) is 6.08 Å². The van der Waals surface area contributed by atoms with Gasteiger partial charge >= 0.3 is 0 Å². The van der Waals surface area contributed by atoms with Crippen LogP contribution in [0.3, 0.4) is 0 Å². The molecule has 1 aromatic rings. The molecule has 0 aliphatic heterocycles. The van der Waals surface area contributed by atoms with Gasteiger partial charge in [-0.2, -0.15) is 0 Å². The summed E-state index contributed by atoms with van der Waals surface area (Å²) in [6.07, 6.45) is 16.4. The van der Waals surface area contributed by atoms with Crippen molar-refractivity contribution in [3.63, 3.8) is 0 Å². The van der Waals surface area contributed by atoms with E-state index in [4.69, 9.17) is 0 Å². The fourth-order valence-corrected chi connectivity index (χ4v) is 1.88. The van der Waals surface area contributed by atoms with Crippen LogP contribution in [0.5, 0.6) is 11.5 Å². The summed E-state index contributed by atoms with van der Waals surface area (Å²) in [6, 6.07) is 2.66.